The third-order valence-electron chi connectivity index (χ3n) is 4.01. The summed E-state index contributed by atoms with van der Waals surface area (Å²) in [5, 5.41) is 12.9. The highest BCUT2D eigenvalue weighted by molar-refractivity contribution is 9.10. The molecule has 2 rings (SSSR count). The molecule has 0 aliphatic heterocycles. The number of methoxy groups -OCH3 is 1. The molecule has 0 saturated heterocycles. The minimum absolute atomic E-state index is 0.261. The van der Waals surface area contributed by atoms with Gasteiger partial charge in [-0.2, -0.15) is 0 Å². The maximum absolute atomic E-state index is 11.7. The second kappa shape index (κ2) is 7.80. The van der Waals surface area contributed by atoms with Gasteiger partial charge in [-0.05, 0) is 31.0 Å². The van der Waals surface area contributed by atoms with E-state index in [1.165, 1.54) is 25.7 Å². The first-order chi connectivity index (χ1) is 10.1. The lowest BCUT2D eigenvalue weighted by Gasteiger charge is -2.24. The number of nitrogens with one attached hydrogen (secondary N) is 1. The second-order valence-electron chi connectivity index (χ2n) is 5.51. The molecular formula is C16H22BrNO3. The molecule has 21 heavy (non-hydrogen) atoms. The van der Waals surface area contributed by atoms with E-state index in [1.54, 1.807) is 13.2 Å². The van der Waals surface area contributed by atoms with Crippen molar-refractivity contribution in [2.75, 3.05) is 7.11 Å². The molecule has 1 aliphatic rings. The van der Waals surface area contributed by atoms with E-state index in [0.717, 1.165) is 17.3 Å². The fourth-order valence-electron chi connectivity index (χ4n) is 2.91. The van der Waals surface area contributed by atoms with Crippen LogP contribution < -0.4 is 10.1 Å². The molecular weight excluding hydrogens is 334 g/mol. The zero-order valence-corrected chi connectivity index (χ0v) is 13.9. The summed E-state index contributed by atoms with van der Waals surface area (Å²) < 4.78 is 6.18. The first-order valence-electron chi connectivity index (χ1n) is 7.44. The SMILES string of the molecule is COc1ccc(Br)cc1C(NC1CCCCCC1)C(=O)O. The lowest BCUT2D eigenvalue weighted by atomic mass is 10.0. The average molecular weight is 356 g/mol. The number of hydrogen-bond acceptors (Lipinski definition) is 3. The highest BCUT2D eigenvalue weighted by Crippen LogP contribution is 2.30. The van der Waals surface area contributed by atoms with E-state index >= 15 is 0 Å². The summed E-state index contributed by atoms with van der Waals surface area (Å²) in [6, 6.07) is 5.00. The third-order valence-corrected chi connectivity index (χ3v) is 4.50. The Balaban J connectivity index is 2.22. The van der Waals surface area contributed by atoms with Crippen molar-refractivity contribution in [3.8, 4) is 5.75 Å². The van der Waals surface area contributed by atoms with Gasteiger partial charge in [0.2, 0.25) is 0 Å². The largest absolute Gasteiger partial charge is 0.496 e. The second-order valence-corrected chi connectivity index (χ2v) is 6.43. The molecule has 1 atom stereocenters. The maximum Gasteiger partial charge on any atom is 0.325 e. The summed E-state index contributed by atoms with van der Waals surface area (Å²) in [5.74, 6) is -0.262. The molecule has 0 spiro atoms. The summed E-state index contributed by atoms with van der Waals surface area (Å²) in [4.78, 5) is 11.7. The topological polar surface area (TPSA) is 58.6 Å². The number of carboxylic acids is 1. The lowest BCUT2D eigenvalue weighted by molar-refractivity contribution is -0.140. The molecule has 1 saturated carbocycles. The Morgan fingerprint density at radius 3 is 2.57 bits per heavy atom. The highest BCUT2D eigenvalue weighted by atomic mass is 79.9. The zero-order valence-electron chi connectivity index (χ0n) is 12.3. The number of carbonyl (C=O) groups is 1. The Hall–Kier alpha value is -1.07. The Bertz CT molecular complexity index is 484. The van der Waals surface area contributed by atoms with E-state index in [0.29, 0.717) is 11.3 Å². The van der Waals surface area contributed by atoms with Crippen LogP contribution in [-0.2, 0) is 4.79 Å². The quantitative estimate of drug-likeness (QED) is 0.786. The van der Waals surface area contributed by atoms with Gasteiger partial charge in [0, 0.05) is 16.1 Å². The van der Waals surface area contributed by atoms with E-state index in [1.807, 2.05) is 12.1 Å². The number of halogens is 1. The van der Waals surface area contributed by atoms with Crippen molar-refractivity contribution in [3.63, 3.8) is 0 Å². The first kappa shape index (κ1) is 16.3. The molecule has 0 amide bonds. The van der Waals surface area contributed by atoms with Crippen molar-refractivity contribution in [2.24, 2.45) is 0 Å². The van der Waals surface area contributed by atoms with E-state index in [9.17, 15) is 9.90 Å². The van der Waals surface area contributed by atoms with Gasteiger partial charge in [-0.3, -0.25) is 10.1 Å². The lowest BCUT2D eigenvalue weighted by Crippen LogP contribution is -2.37. The Kier molecular flexibility index (Phi) is 6.06. The van der Waals surface area contributed by atoms with Crippen molar-refractivity contribution in [3.05, 3.63) is 28.2 Å². The van der Waals surface area contributed by atoms with Crippen molar-refractivity contribution >= 4 is 21.9 Å². The van der Waals surface area contributed by atoms with Gasteiger partial charge in [-0.25, -0.2) is 0 Å². The molecule has 1 aliphatic carbocycles. The average Bonchev–Trinajstić information content (AvgIpc) is 2.73. The van der Waals surface area contributed by atoms with Crippen molar-refractivity contribution in [2.45, 2.75) is 50.6 Å². The maximum atomic E-state index is 11.7. The van der Waals surface area contributed by atoms with Crippen LogP contribution in [0.25, 0.3) is 0 Å². The minimum atomic E-state index is -0.865. The van der Waals surface area contributed by atoms with Crippen molar-refractivity contribution < 1.29 is 14.6 Å². The van der Waals surface area contributed by atoms with Crippen LogP contribution in [-0.4, -0.2) is 24.2 Å². The van der Waals surface area contributed by atoms with Gasteiger partial charge < -0.3 is 9.84 Å². The van der Waals surface area contributed by atoms with Crippen LogP contribution in [0.15, 0.2) is 22.7 Å². The van der Waals surface area contributed by atoms with Crippen LogP contribution in [0.5, 0.6) is 5.75 Å². The van der Waals surface area contributed by atoms with Crippen molar-refractivity contribution in [1.82, 2.24) is 5.32 Å². The number of hydrogen-bond donors (Lipinski definition) is 2. The molecule has 0 aromatic heterocycles. The third kappa shape index (κ3) is 4.45. The monoisotopic (exact) mass is 355 g/mol. The molecule has 5 heteroatoms. The van der Waals surface area contributed by atoms with Crippen LogP contribution in [0.2, 0.25) is 0 Å². The van der Waals surface area contributed by atoms with E-state index in [4.69, 9.17) is 4.74 Å². The van der Waals surface area contributed by atoms with Crippen molar-refractivity contribution in [1.29, 1.82) is 0 Å². The smallest absolute Gasteiger partial charge is 0.325 e. The molecule has 1 fully saturated rings. The van der Waals surface area contributed by atoms with Gasteiger partial charge in [-0.1, -0.05) is 41.6 Å². The number of rotatable bonds is 5. The summed E-state index contributed by atoms with van der Waals surface area (Å²) in [5.41, 5.74) is 0.670. The number of benzene rings is 1. The standard InChI is InChI=1S/C16H22BrNO3/c1-21-14-9-8-11(17)10-13(14)15(16(19)20)18-12-6-4-2-3-5-7-12/h8-10,12,15,18H,2-7H2,1H3,(H,19,20). The van der Waals surface area contributed by atoms with Crippen LogP contribution in [0.1, 0.15) is 50.1 Å². The number of aliphatic carboxylic acids is 1. The Morgan fingerprint density at radius 1 is 1.33 bits per heavy atom. The van der Waals surface area contributed by atoms with E-state index in [2.05, 4.69) is 21.2 Å². The van der Waals surface area contributed by atoms with E-state index < -0.39 is 12.0 Å². The molecule has 4 nitrogen and oxygen atoms in total. The predicted octanol–water partition coefficient (Wildman–Crippen LogP) is 3.90. The van der Waals surface area contributed by atoms with Gasteiger partial charge in [0.1, 0.15) is 11.8 Å². The van der Waals surface area contributed by atoms with Crippen LogP contribution in [0, 0.1) is 0 Å². The van der Waals surface area contributed by atoms with Gasteiger partial charge in [0.05, 0.1) is 7.11 Å². The summed E-state index contributed by atoms with van der Waals surface area (Å²) in [6.45, 7) is 0. The van der Waals surface area contributed by atoms with Crippen LogP contribution in [0.3, 0.4) is 0 Å². The normalized spacial score (nSPS) is 18.0. The fraction of sp³-hybridized carbons (Fsp3) is 0.562. The molecule has 116 valence electrons. The summed E-state index contributed by atoms with van der Waals surface area (Å²) in [6.07, 6.45) is 6.91. The number of ether oxygens (including phenoxy) is 1. The van der Waals surface area contributed by atoms with Gasteiger partial charge in [-0.15, -0.1) is 0 Å². The highest BCUT2D eigenvalue weighted by Gasteiger charge is 2.26. The summed E-state index contributed by atoms with van der Waals surface area (Å²) >= 11 is 3.40. The molecule has 2 N–H and O–H groups in total. The van der Waals surface area contributed by atoms with Crippen LogP contribution in [0.4, 0.5) is 0 Å². The molecule has 0 radical (unpaired) electrons. The van der Waals surface area contributed by atoms with Gasteiger partial charge >= 0.3 is 5.97 Å². The minimum Gasteiger partial charge on any atom is -0.496 e. The zero-order chi connectivity index (χ0) is 15.2. The molecule has 1 aromatic rings. The predicted molar refractivity (Wildman–Crippen MR) is 85.7 cm³/mol. The number of carboxylic acid groups (broad SMARTS) is 1. The Morgan fingerprint density at radius 2 is 2.00 bits per heavy atom. The fourth-order valence-corrected chi connectivity index (χ4v) is 3.29. The molecule has 1 unspecified atom stereocenters. The van der Waals surface area contributed by atoms with Gasteiger partial charge in [0.15, 0.2) is 0 Å². The van der Waals surface area contributed by atoms with E-state index in [-0.39, 0.29) is 6.04 Å². The van der Waals surface area contributed by atoms with Gasteiger partial charge in [0.25, 0.3) is 0 Å². The molecule has 1 aromatic carbocycles. The summed E-state index contributed by atoms with van der Waals surface area (Å²) in [7, 11) is 1.57. The van der Waals surface area contributed by atoms with Crippen LogP contribution >= 0.6 is 15.9 Å². The Labute approximate surface area is 134 Å². The first-order valence-corrected chi connectivity index (χ1v) is 8.23. The molecule has 0 bridgehead atoms. The molecule has 0 heterocycles.